The third-order valence-corrected chi connectivity index (χ3v) is 3.17. The van der Waals surface area contributed by atoms with Crippen LogP contribution in [-0.4, -0.2) is 30.9 Å². The summed E-state index contributed by atoms with van der Waals surface area (Å²) in [5, 5.41) is 2.71. The largest absolute Gasteiger partial charge is 0.416 e. The molecule has 1 N–H and O–H groups in total. The second-order valence-electron chi connectivity index (χ2n) is 4.35. The Balaban J connectivity index is 1.90. The van der Waals surface area contributed by atoms with Gasteiger partial charge in [-0.3, -0.25) is 4.79 Å². The van der Waals surface area contributed by atoms with Crippen LogP contribution in [0.15, 0.2) is 24.3 Å². The number of hydrogen-bond donors (Lipinski definition) is 1. The zero-order chi connectivity index (χ0) is 14.0. The highest BCUT2D eigenvalue weighted by molar-refractivity contribution is 6.27. The number of nitrogens with zero attached hydrogens (tertiary/aromatic N) is 1. The Labute approximate surface area is 113 Å². The molecule has 0 bridgehead atoms. The molecule has 1 aromatic rings. The van der Waals surface area contributed by atoms with E-state index >= 15 is 0 Å². The number of amides is 1. The topological polar surface area (TPSA) is 32.3 Å². The number of hydrogen-bond acceptors (Lipinski definition) is 2. The molecule has 104 valence electrons. The van der Waals surface area contributed by atoms with Gasteiger partial charge in [-0.05, 0) is 24.3 Å². The Morgan fingerprint density at radius 3 is 2.37 bits per heavy atom. The van der Waals surface area contributed by atoms with Crippen LogP contribution >= 0.6 is 11.6 Å². The predicted octanol–water partition coefficient (Wildman–Crippen LogP) is 2.25. The highest BCUT2D eigenvalue weighted by atomic mass is 35.5. The molecule has 1 aliphatic rings. The third kappa shape index (κ3) is 3.32. The minimum absolute atomic E-state index is 0.00791. The fraction of sp³-hybridized carbons (Fsp3) is 0.417. The average molecular weight is 293 g/mol. The van der Waals surface area contributed by atoms with E-state index in [9.17, 15) is 18.0 Å². The Hall–Kier alpha value is -1.43. The van der Waals surface area contributed by atoms with Crippen molar-refractivity contribution in [2.75, 3.05) is 23.9 Å². The van der Waals surface area contributed by atoms with E-state index in [0.29, 0.717) is 18.8 Å². The molecule has 1 aliphatic heterocycles. The van der Waals surface area contributed by atoms with E-state index in [1.165, 1.54) is 12.1 Å². The van der Waals surface area contributed by atoms with Crippen LogP contribution in [-0.2, 0) is 11.0 Å². The van der Waals surface area contributed by atoms with Crippen LogP contribution in [0.1, 0.15) is 5.56 Å². The van der Waals surface area contributed by atoms with Crippen molar-refractivity contribution >= 4 is 23.2 Å². The number of rotatable bonds is 3. The van der Waals surface area contributed by atoms with E-state index in [4.69, 9.17) is 11.6 Å². The average Bonchev–Trinajstić information content (AvgIpc) is 2.32. The second kappa shape index (κ2) is 5.28. The lowest BCUT2D eigenvalue weighted by molar-refractivity contribution is -0.137. The van der Waals surface area contributed by atoms with Crippen LogP contribution in [0, 0.1) is 0 Å². The second-order valence-corrected chi connectivity index (χ2v) is 4.61. The van der Waals surface area contributed by atoms with Gasteiger partial charge in [0.05, 0.1) is 11.6 Å². The molecule has 0 aromatic heterocycles. The molecule has 0 spiro atoms. The van der Waals surface area contributed by atoms with Gasteiger partial charge in [0.15, 0.2) is 0 Å². The van der Waals surface area contributed by atoms with E-state index in [1.807, 2.05) is 4.90 Å². The van der Waals surface area contributed by atoms with Crippen LogP contribution in [0.25, 0.3) is 0 Å². The molecular formula is C12H12ClF3N2O. The first-order chi connectivity index (χ1) is 8.90. The fourth-order valence-corrected chi connectivity index (χ4v) is 1.99. The van der Waals surface area contributed by atoms with Crippen LogP contribution < -0.4 is 10.2 Å². The van der Waals surface area contributed by atoms with Crippen LogP contribution in [0.4, 0.5) is 18.9 Å². The summed E-state index contributed by atoms with van der Waals surface area (Å²) in [6.07, 6.45) is -4.32. The number of halogens is 4. The number of anilines is 1. The standard InChI is InChI=1S/C12H12ClF3N2O/c13-5-11(19)17-9-6-18(7-9)10-3-1-8(2-4-10)12(14,15)16/h1-4,9H,5-7H2,(H,17,19). The molecule has 1 aromatic carbocycles. The first-order valence-electron chi connectivity index (χ1n) is 5.67. The third-order valence-electron chi connectivity index (χ3n) is 2.93. The molecule has 19 heavy (non-hydrogen) atoms. The summed E-state index contributed by atoms with van der Waals surface area (Å²) in [4.78, 5) is 12.9. The zero-order valence-corrected chi connectivity index (χ0v) is 10.6. The first-order valence-corrected chi connectivity index (χ1v) is 6.21. The van der Waals surface area contributed by atoms with Gasteiger partial charge in [0, 0.05) is 18.8 Å². The summed E-state index contributed by atoms with van der Waals surface area (Å²) in [7, 11) is 0. The number of benzene rings is 1. The molecule has 0 unspecified atom stereocenters. The molecule has 0 saturated carbocycles. The highest BCUT2D eigenvalue weighted by Crippen LogP contribution is 2.31. The number of alkyl halides is 4. The van der Waals surface area contributed by atoms with Crippen molar-refractivity contribution in [1.29, 1.82) is 0 Å². The number of nitrogens with one attached hydrogen (secondary N) is 1. The monoisotopic (exact) mass is 292 g/mol. The molecule has 0 aliphatic carbocycles. The summed E-state index contributed by atoms with van der Waals surface area (Å²) in [6, 6.07) is 4.98. The van der Waals surface area contributed by atoms with Crippen molar-refractivity contribution in [3.63, 3.8) is 0 Å². The van der Waals surface area contributed by atoms with Crippen molar-refractivity contribution < 1.29 is 18.0 Å². The van der Waals surface area contributed by atoms with E-state index in [1.54, 1.807) is 0 Å². The fourth-order valence-electron chi connectivity index (χ4n) is 1.91. The first kappa shape index (κ1) is 14.0. The van der Waals surface area contributed by atoms with Gasteiger partial charge in [-0.15, -0.1) is 11.6 Å². The minimum Gasteiger partial charge on any atom is -0.367 e. The zero-order valence-electron chi connectivity index (χ0n) is 9.88. The van der Waals surface area contributed by atoms with Gasteiger partial charge in [-0.25, -0.2) is 0 Å². The number of carbonyl (C=O) groups is 1. The number of carbonyl (C=O) groups excluding carboxylic acids is 1. The van der Waals surface area contributed by atoms with Gasteiger partial charge in [-0.2, -0.15) is 13.2 Å². The van der Waals surface area contributed by atoms with Gasteiger partial charge in [0.1, 0.15) is 5.88 Å². The summed E-state index contributed by atoms with van der Waals surface area (Å²) in [6.45, 7) is 1.15. The van der Waals surface area contributed by atoms with Crippen molar-refractivity contribution in [3.05, 3.63) is 29.8 Å². The molecule has 1 heterocycles. The lowest BCUT2D eigenvalue weighted by Crippen LogP contribution is -2.59. The van der Waals surface area contributed by atoms with Gasteiger partial charge >= 0.3 is 6.18 Å². The smallest absolute Gasteiger partial charge is 0.367 e. The van der Waals surface area contributed by atoms with E-state index < -0.39 is 11.7 Å². The lowest BCUT2D eigenvalue weighted by Gasteiger charge is -2.41. The lowest BCUT2D eigenvalue weighted by atomic mass is 10.1. The molecule has 1 amide bonds. The van der Waals surface area contributed by atoms with E-state index in [2.05, 4.69) is 5.32 Å². The summed E-state index contributed by atoms with van der Waals surface area (Å²) < 4.78 is 37.2. The van der Waals surface area contributed by atoms with Crippen molar-refractivity contribution in [2.45, 2.75) is 12.2 Å². The molecule has 0 atom stereocenters. The molecule has 3 nitrogen and oxygen atoms in total. The van der Waals surface area contributed by atoms with Gasteiger partial charge in [0.25, 0.3) is 0 Å². The van der Waals surface area contributed by atoms with Crippen LogP contribution in [0.5, 0.6) is 0 Å². The van der Waals surface area contributed by atoms with E-state index in [-0.39, 0.29) is 17.8 Å². The maximum atomic E-state index is 12.4. The molecule has 0 radical (unpaired) electrons. The molecule has 1 fully saturated rings. The predicted molar refractivity (Wildman–Crippen MR) is 66.3 cm³/mol. The molecular weight excluding hydrogens is 281 g/mol. The Morgan fingerprint density at radius 1 is 1.32 bits per heavy atom. The molecule has 1 saturated heterocycles. The van der Waals surface area contributed by atoms with Crippen LogP contribution in [0.3, 0.4) is 0 Å². The maximum Gasteiger partial charge on any atom is 0.416 e. The van der Waals surface area contributed by atoms with E-state index in [0.717, 1.165) is 12.1 Å². The summed E-state index contributed by atoms with van der Waals surface area (Å²) >= 11 is 5.36. The summed E-state index contributed by atoms with van der Waals surface area (Å²) in [5.74, 6) is -0.324. The van der Waals surface area contributed by atoms with Gasteiger partial charge < -0.3 is 10.2 Å². The quantitative estimate of drug-likeness (QED) is 0.867. The highest BCUT2D eigenvalue weighted by Gasteiger charge is 2.31. The van der Waals surface area contributed by atoms with Crippen molar-refractivity contribution in [2.24, 2.45) is 0 Å². The van der Waals surface area contributed by atoms with Gasteiger partial charge in [-0.1, -0.05) is 0 Å². The SMILES string of the molecule is O=C(CCl)NC1CN(c2ccc(C(F)(F)F)cc2)C1. The summed E-state index contributed by atoms with van der Waals surface area (Å²) in [5.41, 5.74) is 0.0492. The Bertz CT molecular complexity index is 455. The maximum absolute atomic E-state index is 12.4. The molecule has 2 rings (SSSR count). The van der Waals surface area contributed by atoms with Crippen molar-refractivity contribution in [1.82, 2.24) is 5.32 Å². The van der Waals surface area contributed by atoms with Crippen LogP contribution in [0.2, 0.25) is 0 Å². The minimum atomic E-state index is -4.32. The molecule has 7 heteroatoms. The van der Waals surface area contributed by atoms with Crippen molar-refractivity contribution in [3.8, 4) is 0 Å². The Kier molecular flexibility index (Phi) is 3.89. The van der Waals surface area contributed by atoms with Gasteiger partial charge in [0.2, 0.25) is 5.91 Å². The Morgan fingerprint density at radius 2 is 1.89 bits per heavy atom. The normalized spacial score (nSPS) is 16.1.